The number of esters is 3. The molecule has 0 radical (unpaired) electrons. The number of phenols is 1. The quantitative estimate of drug-likeness (QED) is 0.281. The van der Waals surface area contributed by atoms with Crippen molar-refractivity contribution >= 4 is 23.9 Å². The number of aliphatic hydroxyl groups is 1. The Bertz CT molecular complexity index is 1550. The summed E-state index contributed by atoms with van der Waals surface area (Å²) in [6.45, 7) is 1.92. The average molecular weight is 608 g/mol. The number of ether oxygens (including phenoxy) is 4. The first-order valence-corrected chi connectivity index (χ1v) is 14.5. The van der Waals surface area contributed by atoms with Crippen LogP contribution in [0.2, 0.25) is 0 Å². The lowest BCUT2D eigenvalue weighted by Crippen LogP contribution is -2.74. The van der Waals surface area contributed by atoms with Gasteiger partial charge in [-0.25, -0.2) is 9.59 Å². The number of carbonyl (C=O) groups excluding carboxylic acids is 3. The molecule has 6 atom stereocenters. The molecule has 2 heterocycles. The van der Waals surface area contributed by atoms with Gasteiger partial charge in [-0.1, -0.05) is 36.4 Å². The largest absolute Gasteiger partial charge is 0.504 e. The minimum Gasteiger partial charge on any atom is -0.504 e. The zero-order valence-corrected chi connectivity index (χ0v) is 24.2. The zero-order valence-electron chi connectivity index (χ0n) is 24.2. The normalized spacial score (nSPS) is 27.6. The second-order valence-electron chi connectivity index (χ2n) is 11.8. The Labute approximate surface area is 252 Å². The van der Waals surface area contributed by atoms with E-state index in [1.165, 1.54) is 19.1 Å². The summed E-state index contributed by atoms with van der Waals surface area (Å²) >= 11 is 0. The van der Waals surface area contributed by atoms with E-state index in [1.807, 2.05) is 13.1 Å². The van der Waals surface area contributed by atoms with Gasteiger partial charge in [0.1, 0.15) is 5.76 Å². The maximum atomic E-state index is 12.9. The Morgan fingerprint density at radius 2 is 1.80 bits per heavy atom. The highest BCUT2D eigenvalue weighted by Crippen LogP contribution is 2.65. The number of phenolic OH excluding ortho intramolecular Hbond substituents is 1. The second kappa shape index (κ2) is 10.9. The van der Waals surface area contributed by atoms with Crippen molar-refractivity contribution < 1.29 is 53.4 Å². The van der Waals surface area contributed by atoms with Gasteiger partial charge in [-0.2, -0.15) is 0 Å². The van der Waals surface area contributed by atoms with Gasteiger partial charge in [0.2, 0.25) is 6.10 Å². The van der Waals surface area contributed by atoms with Crippen molar-refractivity contribution in [2.75, 3.05) is 13.6 Å². The summed E-state index contributed by atoms with van der Waals surface area (Å²) in [7, 11) is 1.97. The van der Waals surface area contributed by atoms with E-state index < -0.39 is 59.6 Å². The van der Waals surface area contributed by atoms with Gasteiger partial charge in [-0.05, 0) is 51.1 Å². The second-order valence-corrected chi connectivity index (χ2v) is 11.8. The Hall–Kier alpha value is -4.42. The van der Waals surface area contributed by atoms with Crippen molar-refractivity contribution in [1.29, 1.82) is 0 Å². The van der Waals surface area contributed by atoms with Crippen LogP contribution in [0.1, 0.15) is 55.4 Å². The number of carboxylic acids is 1. The number of aliphatic carboxylic acids is 1. The van der Waals surface area contributed by atoms with Crippen molar-refractivity contribution in [3.05, 3.63) is 71.0 Å². The molecule has 1 fully saturated rings. The zero-order chi connectivity index (χ0) is 31.4. The highest BCUT2D eigenvalue weighted by molar-refractivity contribution is 5.84. The number of nitrogens with zero attached hydrogens (tertiary/aromatic N) is 1. The maximum absolute atomic E-state index is 12.9. The summed E-state index contributed by atoms with van der Waals surface area (Å²) in [5, 5.41) is 32.3. The van der Waals surface area contributed by atoms with E-state index in [1.54, 1.807) is 30.3 Å². The third kappa shape index (κ3) is 4.60. The average Bonchev–Trinajstić information content (AvgIpc) is 3.36. The van der Waals surface area contributed by atoms with Crippen LogP contribution in [0.15, 0.2) is 54.3 Å². The number of likely N-dealkylation sites (N-methyl/N-ethyl adjacent to an activating group) is 1. The number of hydrogen-bond acceptors (Lipinski definition) is 11. The van der Waals surface area contributed by atoms with Crippen LogP contribution in [0, 0.1) is 0 Å². The minimum atomic E-state index is -1.58. The van der Waals surface area contributed by atoms with Gasteiger partial charge in [-0.15, -0.1) is 0 Å². The number of carbonyl (C=O) groups is 4. The Morgan fingerprint density at radius 1 is 1.07 bits per heavy atom. The van der Waals surface area contributed by atoms with E-state index in [-0.39, 0.29) is 36.0 Å². The predicted octanol–water partition coefficient (Wildman–Crippen LogP) is 2.29. The molecule has 0 saturated carbocycles. The molecule has 4 aliphatic rings. The fourth-order valence-electron chi connectivity index (χ4n) is 7.23. The molecule has 2 aromatic carbocycles. The molecule has 1 unspecified atom stereocenters. The third-order valence-electron chi connectivity index (χ3n) is 9.32. The van der Waals surface area contributed by atoms with Crippen LogP contribution >= 0.6 is 0 Å². The topological polar surface area (TPSA) is 169 Å². The number of rotatable bonds is 9. The molecular formula is C32H33NO11. The third-order valence-corrected chi connectivity index (χ3v) is 9.32. The van der Waals surface area contributed by atoms with Gasteiger partial charge in [0.05, 0.1) is 23.9 Å². The molecule has 0 amide bonds. The first-order chi connectivity index (χ1) is 21.0. The number of benzene rings is 2. The van der Waals surface area contributed by atoms with E-state index in [0.717, 1.165) is 11.1 Å². The molecule has 2 aromatic rings. The van der Waals surface area contributed by atoms with Crippen molar-refractivity contribution in [3.63, 3.8) is 0 Å². The van der Waals surface area contributed by atoms with Crippen LogP contribution in [0.3, 0.4) is 0 Å². The lowest BCUT2D eigenvalue weighted by molar-refractivity contribution is -0.176. The lowest BCUT2D eigenvalue weighted by atomic mass is 9.50. The van der Waals surface area contributed by atoms with Crippen LogP contribution in [0.4, 0.5) is 0 Å². The van der Waals surface area contributed by atoms with Gasteiger partial charge in [0.25, 0.3) is 0 Å². The number of likely N-dealkylation sites (tertiary alicyclic amines) is 1. The van der Waals surface area contributed by atoms with E-state index in [2.05, 4.69) is 4.90 Å². The van der Waals surface area contributed by atoms with Crippen LogP contribution in [-0.2, 0) is 45.2 Å². The van der Waals surface area contributed by atoms with Gasteiger partial charge < -0.3 is 39.2 Å². The van der Waals surface area contributed by atoms with E-state index in [4.69, 9.17) is 18.9 Å². The number of carboxylic acid groups (broad SMARTS) is 1. The molecule has 44 heavy (non-hydrogen) atoms. The van der Waals surface area contributed by atoms with Crippen LogP contribution in [-0.4, -0.2) is 81.5 Å². The molecule has 232 valence electrons. The summed E-state index contributed by atoms with van der Waals surface area (Å²) in [5.74, 6) is -3.62. The molecule has 1 spiro atoms. The molecule has 12 nitrogen and oxygen atoms in total. The van der Waals surface area contributed by atoms with Crippen molar-refractivity contribution in [2.45, 2.75) is 74.4 Å². The highest BCUT2D eigenvalue weighted by atomic mass is 16.6. The molecule has 2 aliphatic heterocycles. The smallest absolute Gasteiger partial charge is 0.349 e. The molecule has 1 saturated heterocycles. The molecule has 2 bridgehead atoms. The summed E-state index contributed by atoms with van der Waals surface area (Å²) in [6, 6.07) is 11.1. The Morgan fingerprint density at radius 3 is 2.52 bits per heavy atom. The van der Waals surface area contributed by atoms with E-state index in [9.17, 15) is 34.5 Å². The highest BCUT2D eigenvalue weighted by Gasteiger charge is 2.72. The maximum Gasteiger partial charge on any atom is 0.349 e. The number of aromatic hydroxyl groups is 1. The monoisotopic (exact) mass is 607 g/mol. The summed E-state index contributed by atoms with van der Waals surface area (Å²) in [6.07, 6.45) is -1.67. The SMILES string of the molecule is CC(OC(=O)CCC(=O)OC1=CC[C@@]2(O)[C@H]3Cc4ccc(O)c5c4[C@@]2(CCN3C)[C@H]1O5)C(=O)O[C@H](C(=O)O)c1ccccc1. The first kappa shape index (κ1) is 29.6. The predicted molar refractivity (Wildman–Crippen MR) is 150 cm³/mol. The summed E-state index contributed by atoms with van der Waals surface area (Å²) in [4.78, 5) is 51.6. The summed E-state index contributed by atoms with van der Waals surface area (Å²) < 4.78 is 22.1. The van der Waals surface area contributed by atoms with Gasteiger partial charge in [-0.3, -0.25) is 9.59 Å². The molecule has 0 aromatic heterocycles. The fraction of sp³-hybridized carbons (Fsp3) is 0.438. The molecule has 3 N–H and O–H groups in total. The van der Waals surface area contributed by atoms with Crippen molar-refractivity contribution in [1.82, 2.24) is 4.90 Å². The first-order valence-electron chi connectivity index (χ1n) is 14.5. The van der Waals surface area contributed by atoms with E-state index >= 15 is 0 Å². The minimum absolute atomic E-state index is 0.0493. The number of hydrogen-bond donors (Lipinski definition) is 3. The van der Waals surface area contributed by atoms with Gasteiger partial charge in [0, 0.05) is 23.6 Å². The van der Waals surface area contributed by atoms with E-state index in [0.29, 0.717) is 25.1 Å². The van der Waals surface area contributed by atoms with Crippen molar-refractivity contribution in [2.24, 2.45) is 0 Å². The van der Waals surface area contributed by atoms with Crippen LogP contribution in [0.5, 0.6) is 11.5 Å². The number of piperidine rings is 1. The standard InChI is InChI=1S/C32H33NO11/c1-17(30(39)44-26(29(37)38)18-6-4-3-5-7-18)41-23(35)10-11-24(36)42-21-12-13-32(40)22-16-19-8-9-20(34)27-25(19)31(32,28(21)43-27)14-15-33(22)2/h3-9,12,17,22,26,28,34,40H,10-11,13-16H2,1-2H3,(H,37,38)/t17?,22-,26+,28+,31+,32-/m1/s1. The molecular weight excluding hydrogens is 574 g/mol. The molecule has 6 rings (SSSR count). The molecule has 2 aliphatic carbocycles. The lowest BCUT2D eigenvalue weighted by Gasteiger charge is -2.61. The Balaban J connectivity index is 1.09. The summed E-state index contributed by atoms with van der Waals surface area (Å²) in [5.41, 5.74) is -0.144. The fourth-order valence-corrected chi connectivity index (χ4v) is 7.23. The van der Waals surface area contributed by atoms with Gasteiger partial charge >= 0.3 is 23.9 Å². The van der Waals surface area contributed by atoms with Crippen LogP contribution < -0.4 is 4.74 Å². The Kier molecular flexibility index (Phi) is 7.37. The van der Waals surface area contributed by atoms with Crippen LogP contribution in [0.25, 0.3) is 0 Å². The van der Waals surface area contributed by atoms with Gasteiger partial charge in [0.15, 0.2) is 23.7 Å². The van der Waals surface area contributed by atoms with Crippen molar-refractivity contribution in [3.8, 4) is 11.5 Å². The molecule has 12 heteroatoms.